The molecule has 3 aromatic rings. The summed E-state index contributed by atoms with van der Waals surface area (Å²) >= 11 is 12.3. The molecule has 1 N–H and O–H groups in total. The van der Waals surface area contributed by atoms with Crippen LogP contribution in [0.5, 0.6) is 0 Å². The first kappa shape index (κ1) is 24.1. The Morgan fingerprint density at radius 2 is 1.66 bits per heavy atom. The summed E-state index contributed by atoms with van der Waals surface area (Å²) in [5.74, 6) is -0.456. The normalized spacial score (nSPS) is 12.2. The van der Waals surface area contributed by atoms with Gasteiger partial charge < -0.3 is 5.32 Å². The van der Waals surface area contributed by atoms with Gasteiger partial charge in [0.05, 0.1) is 21.6 Å². The molecule has 3 aromatic carbocycles. The summed E-state index contributed by atoms with van der Waals surface area (Å²) in [6.07, 6.45) is 0.926. The SMILES string of the molecule is CCc1ccc([C@H](C)NC(=O)CN(c2ccc(Cl)cc2Cl)S(=O)(=O)c2ccccc2)cc1. The molecule has 0 aliphatic carbocycles. The number of amides is 1. The van der Waals surface area contributed by atoms with Gasteiger partial charge in [0.2, 0.25) is 5.91 Å². The second kappa shape index (κ2) is 10.4. The van der Waals surface area contributed by atoms with Crippen molar-refractivity contribution in [1.29, 1.82) is 0 Å². The molecular formula is C24H24Cl2N2O3S. The van der Waals surface area contributed by atoms with Crippen molar-refractivity contribution in [1.82, 2.24) is 5.32 Å². The van der Waals surface area contributed by atoms with Crippen molar-refractivity contribution in [2.24, 2.45) is 0 Å². The van der Waals surface area contributed by atoms with E-state index in [1.54, 1.807) is 18.2 Å². The molecule has 0 saturated carbocycles. The van der Waals surface area contributed by atoms with Gasteiger partial charge in [-0.15, -0.1) is 0 Å². The fraction of sp³-hybridized carbons (Fsp3) is 0.208. The van der Waals surface area contributed by atoms with Crippen molar-refractivity contribution in [3.05, 3.63) is 94.0 Å². The van der Waals surface area contributed by atoms with Gasteiger partial charge in [0.15, 0.2) is 0 Å². The molecule has 0 fully saturated rings. The molecule has 0 unspecified atom stereocenters. The molecule has 0 heterocycles. The molecule has 0 aromatic heterocycles. The standard InChI is InChI=1S/C24H24Cl2N2O3S/c1-3-18-9-11-19(12-10-18)17(2)27-24(29)16-28(23-14-13-20(25)15-22(23)26)32(30,31)21-7-5-4-6-8-21/h4-15,17H,3,16H2,1-2H3,(H,27,29)/t17-/m0/s1. The molecule has 3 rings (SSSR count). The van der Waals surface area contributed by atoms with Crippen LogP contribution < -0.4 is 9.62 Å². The first-order chi connectivity index (χ1) is 15.2. The number of benzene rings is 3. The molecule has 8 heteroatoms. The van der Waals surface area contributed by atoms with Crippen molar-refractivity contribution in [3.8, 4) is 0 Å². The number of hydrogen-bond donors (Lipinski definition) is 1. The number of sulfonamides is 1. The molecule has 1 amide bonds. The molecule has 5 nitrogen and oxygen atoms in total. The summed E-state index contributed by atoms with van der Waals surface area (Å²) < 4.78 is 27.8. The Morgan fingerprint density at radius 1 is 1.00 bits per heavy atom. The van der Waals surface area contributed by atoms with Gasteiger partial charge in [0.1, 0.15) is 6.54 Å². The number of carbonyl (C=O) groups excluding carboxylic acids is 1. The van der Waals surface area contributed by atoms with Gasteiger partial charge in [0, 0.05) is 5.02 Å². The Hall–Kier alpha value is -2.54. The lowest BCUT2D eigenvalue weighted by Gasteiger charge is -2.26. The summed E-state index contributed by atoms with van der Waals surface area (Å²) in [5, 5.41) is 3.37. The van der Waals surface area contributed by atoms with Gasteiger partial charge in [-0.1, -0.05) is 72.6 Å². The lowest BCUT2D eigenvalue weighted by Crippen LogP contribution is -2.41. The van der Waals surface area contributed by atoms with Crippen LogP contribution >= 0.6 is 23.2 Å². The predicted molar refractivity (Wildman–Crippen MR) is 130 cm³/mol. The minimum Gasteiger partial charge on any atom is -0.348 e. The number of nitrogens with one attached hydrogen (secondary N) is 1. The van der Waals surface area contributed by atoms with Gasteiger partial charge in [0.25, 0.3) is 10.0 Å². The Labute approximate surface area is 199 Å². The van der Waals surface area contributed by atoms with Crippen LogP contribution in [0.3, 0.4) is 0 Å². The van der Waals surface area contributed by atoms with Crippen LogP contribution in [0.4, 0.5) is 5.69 Å². The maximum atomic E-state index is 13.4. The van der Waals surface area contributed by atoms with Crippen LogP contribution in [-0.2, 0) is 21.2 Å². The summed E-state index contributed by atoms with van der Waals surface area (Å²) in [7, 11) is -4.05. The highest BCUT2D eigenvalue weighted by molar-refractivity contribution is 7.92. The van der Waals surface area contributed by atoms with Gasteiger partial charge in [-0.2, -0.15) is 0 Å². The molecule has 1 atom stereocenters. The van der Waals surface area contributed by atoms with Crippen LogP contribution in [0.2, 0.25) is 10.0 Å². The summed E-state index contributed by atoms with van der Waals surface area (Å²) in [5.41, 5.74) is 2.30. The van der Waals surface area contributed by atoms with E-state index >= 15 is 0 Å². The minimum atomic E-state index is -4.05. The maximum Gasteiger partial charge on any atom is 0.264 e. The van der Waals surface area contributed by atoms with Crippen molar-refractivity contribution >= 4 is 44.8 Å². The predicted octanol–water partition coefficient (Wildman–Crippen LogP) is 5.63. The van der Waals surface area contributed by atoms with E-state index in [2.05, 4.69) is 12.2 Å². The van der Waals surface area contributed by atoms with Crippen molar-refractivity contribution in [3.63, 3.8) is 0 Å². The Morgan fingerprint density at radius 3 is 2.25 bits per heavy atom. The third-order valence-electron chi connectivity index (χ3n) is 5.06. The summed E-state index contributed by atoms with van der Waals surface area (Å²) in [6.45, 7) is 3.49. The lowest BCUT2D eigenvalue weighted by molar-refractivity contribution is -0.120. The Kier molecular flexibility index (Phi) is 7.82. The summed E-state index contributed by atoms with van der Waals surface area (Å²) in [4.78, 5) is 13.0. The Bertz CT molecular complexity index is 1180. The van der Waals surface area contributed by atoms with Gasteiger partial charge in [-0.05, 0) is 54.8 Å². The van der Waals surface area contributed by atoms with E-state index in [0.717, 1.165) is 16.3 Å². The van der Waals surface area contributed by atoms with Gasteiger partial charge in [-0.25, -0.2) is 8.42 Å². The van der Waals surface area contributed by atoms with Crippen LogP contribution in [-0.4, -0.2) is 20.9 Å². The zero-order valence-electron chi connectivity index (χ0n) is 17.8. The second-order valence-corrected chi connectivity index (χ2v) is 10.0. The molecule has 0 radical (unpaired) electrons. The lowest BCUT2D eigenvalue weighted by atomic mass is 10.1. The van der Waals surface area contributed by atoms with E-state index in [4.69, 9.17) is 23.2 Å². The van der Waals surface area contributed by atoms with E-state index in [-0.39, 0.29) is 21.6 Å². The third kappa shape index (κ3) is 5.63. The van der Waals surface area contributed by atoms with E-state index < -0.39 is 22.5 Å². The van der Waals surface area contributed by atoms with Crippen molar-refractivity contribution in [2.75, 3.05) is 10.8 Å². The van der Waals surface area contributed by atoms with Crippen LogP contribution in [0, 0.1) is 0 Å². The highest BCUT2D eigenvalue weighted by atomic mass is 35.5. The monoisotopic (exact) mass is 490 g/mol. The zero-order chi connectivity index (χ0) is 23.3. The largest absolute Gasteiger partial charge is 0.348 e. The molecule has 0 aliphatic rings. The highest BCUT2D eigenvalue weighted by Crippen LogP contribution is 2.32. The van der Waals surface area contributed by atoms with E-state index in [1.807, 2.05) is 31.2 Å². The van der Waals surface area contributed by atoms with Crippen LogP contribution in [0.15, 0.2) is 77.7 Å². The molecule has 0 bridgehead atoms. The molecular weight excluding hydrogens is 467 g/mol. The Balaban J connectivity index is 1.89. The fourth-order valence-corrected chi connectivity index (χ4v) is 5.27. The highest BCUT2D eigenvalue weighted by Gasteiger charge is 2.29. The molecule has 0 saturated heterocycles. The van der Waals surface area contributed by atoms with Crippen molar-refractivity contribution in [2.45, 2.75) is 31.2 Å². The first-order valence-electron chi connectivity index (χ1n) is 10.1. The fourth-order valence-electron chi connectivity index (χ4n) is 3.25. The molecule has 32 heavy (non-hydrogen) atoms. The topological polar surface area (TPSA) is 66.5 Å². The van der Waals surface area contributed by atoms with E-state index in [0.29, 0.717) is 5.02 Å². The number of nitrogens with zero attached hydrogens (tertiary/aromatic N) is 1. The number of aryl methyl sites for hydroxylation is 1. The number of hydrogen-bond acceptors (Lipinski definition) is 3. The average molecular weight is 491 g/mol. The second-order valence-electron chi connectivity index (χ2n) is 7.30. The maximum absolute atomic E-state index is 13.4. The van der Waals surface area contributed by atoms with Gasteiger partial charge in [-0.3, -0.25) is 9.10 Å². The third-order valence-corrected chi connectivity index (χ3v) is 7.37. The quantitative estimate of drug-likeness (QED) is 0.444. The zero-order valence-corrected chi connectivity index (χ0v) is 20.1. The van der Waals surface area contributed by atoms with Crippen LogP contribution in [0.1, 0.15) is 31.0 Å². The van der Waals surface area contributed by atoms with E-state index in [9.17, 15) is 13.2 Å². The molecule has 168 valence electrons. The smallest absolute Gasteiger partial charge is 0.264 e. The first-order valence-corrected chi connectivity index (χ1v) is 12.3. The molecule has 0 spiro atoms. The van der Waals surface area contributed by atoms with E-state index in [1.165, 1.54) is 35.9 Å². The summed E-state index contributed by atoms with van der Waals surface area (Å²) in [6, 6.07) is 20.0. The molecule has 0 aliphatic heterocycles. The van der Waals surface area contributed by atoms with Crippen molar-refractivity contribution < 1.29 is 13.2 Å². The van der Waals surface area contributed by atoms with Gasteiger partial charge >= 0.3 is 0 Å². The van der Waals surface area contributed by atoms with Crippen LogP contribution in [0.25, 0.3) is 0 Å². The number of halogens is 2. The number of rotatable bonds is 8. The average Bonchev–Trinajstić information content (AvgIpc) is 2.78. The minimum absolute atomic E-state index is 0.0574. The number of carbonyl (C=O) groups is 1. The number of anilines is 1.